The number of hydrogen-bond donors (Lipinski definition) is 1. The van der Waals surface area contributed by atoms with Crippen molar-refractivity contribution >= 4 is 34.3 Å². The van der Waals surface area contributed by atoms with Crippen LogP contribution in [0.25, 0.3) is 0 Å². The van der Waals surface area contributed by atoms with Gasteiger partial charge in [0.2, 0.25) is 0 Å². The van der Waals surface area contributed by atoms with Crippen LogP contribution < -0.4 is 0 Å². The van der Waals surface area contributed by atoms with Crippen molar-refractivity contribution < 1.29 is 0 Å². The highest BCUT2D eigenvalue weighted by atomic mass is 127. The summed E-state index contributed by atoms with van der Waals surface area (Å²) >= 11 is 2.36. The lowest BCUT2D eigenvalue weighted by atomic mass is 10.1. The molecule has 3 nitrogen and oxygen atoms in total. The van der Waals surface area contributed by atoms with E-state index >= 15 is 0 Å². The van der Waals surface area contributed by atoms with Crippen molar-refractivity contribution in [3.8, 4) is 0 Å². The molecule has 1 aromatic carbocycles. The topological polar surface area (TPSA) is 39.5 Å². The molecular formula is C17H20IN3. The zero-order chi connectivity index (χ0) is 15.2. The van der Waals surface area contributed by atoms with Gasteiger partial charge in [-0.2, -0.15) is 0 Å². The minimum Gasteiger partial charge on any atom is -0.348 e. The van der Waals surface area contributed by atoms with Crippen LogP contribution >= 0.6 is 22.6 Å². The van der Waals surface area contributed by atoms with Gasteiger partial charge < -0.3 is 4.90 Å². The van der Waals surface area contributed by atoms with E-state index < -0.39 is 0 Å². The molecule has 0 fully saturated rings. The molecular weight excluding hydrogens is 373 g/mol. The Kier molecular flexibility index (Phi) is 5.73. The Hall–Kier alpha value is -1.43. The van der Waals surface area contributed by atoms with Crippen LogP contribution in [0, 0.1) is 5.41 Å². The van der Waals surface area contributed by atoms with Gasteiger partial charge in [0, 0.05) is 18.2 Å². The van der Waals surface area contributed by atoms with Crippen LogP contribution in [0.15, 0.2) is 59.1 Å². The number of nitrogens with one attached hydrogen (secondary N) is 1. The highest BCUT2D eigenvalue weighted by molar-refractivity contribution is 14.1. The molecule has 0 saturated carbocycles. The third-order valence-corrected chi connectivity index (χ3v) is 4.22. The SMILES string of the molecule is CC(I)N(C)C(=NC(=N)c1ccccc1)C1=CCCC=C1. The summed E-state index contributed by atoms with van der Waals surface area (Å²) in [6, 6.07) is 9.66. The summed E-state index contributed by atoms with van der Waals surface area (Å²) in [6.07, 6.45) is 8.59. The first kappa shape index (κ1) is 15.9. The number of amidine groups is 2. The lowest BCUT2D eigenvalue weighted by molar-refractivity contribution is 0.517. The van der Waals surface area contributed by atoms with Crippen LogP contribution in [0.4, 0.5) is 0 Å². The van der Waals surface area contributed by atoms with Gasteiger partial charge in [-0.3, -0.25) is 5.41 Å². The number of nitrogens with zero attached hydrogens (tertiary/aromatic N) is 2. The fourth-order valence-corrected chi connectivity index (χ4v) is 2.33. The Morgan fingerprint density at radius 1 is 1.29 bits per heavy atom. The fraction of sp³-hybridized carbons (Fsp3) is 0.294. The van der Waals surface area contributed by atoms with Gasteiger partial charge in [0.05, 0.1) is 4.05 Å². The minimum atomic E-state index is 0.300. The van der Waals surface area contributed by atoms with E-state index in [4.69, 9.17) is 5.41 Å². The van der Waals surface area contributed by atoms with Crippen molar-refractivity contribution in [3.05, 3.63) is 59.7 Å². The fourth-order valence-electron chi connectivity index (χ4n) is 2.06. The van der Waals surface area contributed by atoms with Crippen LogP contribution in [0.2, 0.25) is 0 Å². The molecule has 1 unspecified atom stereocenters. The quantitative estimate of drug-likeness (QED) is 0.267. The molecule has 0 amide bonds. The Morgan fingerprint density at radius 2 is 2.00 bits per heavy atom. The highest BCUT2D eigenvalue weighted by Gasteiger charge is 2.16. The molecule has 1 N–H and O–H groups in total. The lowest BCUT2D eigenvalue weighted by Gasteiger charge is -2.26. The predicted molar refractivity (Wildman–Crippen MR) is 98.4 cm³/mol. The third kappa shape index (κ3) is 4.27. The summed E-state index contributed by atoms with van der Waals surface area (Å²) in [5, 5.41) is 8.25. The second-order valence-corrected chi connectivity index (χ2v) is 6.78. The van der Waals surface area contributed by atoms with Crippen molar-refractivity contribution in [2.75, 3.05) is 7.05 Å². The van der Waals surface area contributed by atoms with Crippen molar-refractivity contribution in [2.24, 2.45) is 4.99 Å². The van der Waals surface area contributed by atoms with Gasteiger partial charge in [-0.15, -0.1) is 0 Å². The van der Waals surface area contributed by atoms with E-state index in [0.717, 1.165) is 29.8 Å². The second kappa shape index (κ2) is 7.54. The van der Waals surface area contributed by atoms with E-state index in [1.54, 1.807) is 0 Å². The number of hydrogen-bond acceptors (Lipinski definition) is 1. The van der Waals surface area contributed by atoms with E-state index in [9.17, 15) is 0 Å². The monoisotopic (exact) mass is 393 g/mol. The minimum absolute atomic E-state index is 0.300. The van der Waals surface area contributed by atoms with E-state index in [1.807, 2.05) is 37.4 Å². The van der Waals surface area contributed by atoms with Gasteiger partial charge in [-0.05, 0) is 19.8 Å². The Morgan fingerprint density at radius 3 is 2.57 bits per heavy atom. The summed E-state index contributed by atoms with van der Waals surface area (Å²) in [7, 11) is 2.03. The van der Waals surface area contributed by atoms with Gasteiger partial charge in [-0.1, -0.05) is 71.2 Å². The summed E-state index contributed by atoms with van der Waals surface area (Å²) in [6.45, 7) is 2.12. The van der Waals surface area contributed by atoms with Gasteiger partial charge in [0.15, 0.2) is 5.84 Å². The number of alkyl halides is 1. The van der Waals surface area contributed by atoms with Crippen molar-refractivity contribution in [2.45, 2.75) is 23.8 Å². The van der Waals surface area contributed by atoms with Crippen LogP contribution in [0.3, 0.4) is 0 Å². The summed E-state index contributed by atoms with van der Waals surface area (Å²) in [5.41, 5.74) is 1.94. The largest absolute Gasteiger partial charge is 0.348 e. The number of aliphatic imine (C=N–C) groups is 1. The molecule has 0 saturated heterocycles. The number of benzene rings is 1. The normalized spacial score (nSPS) is 16.3. The third-order valence-electron chi connectivity index (χ3n) is 3.39. The summed E-state index contributed by atoms with van der Waals surface area (Å²) < 4.78 is 0.307. The molecule has 4 heteroatoms. The Balaban J connectivity index is 2.35. The molecule has 2 rings (SSSR count). The summed E-state index contributed by atoms with van der Waals surface area (Å²) in [5.74, 6) is 1.16. The Labute approximate surface area is 140 Å². The van der Waals surface area contributed by atoms with Crippen LogP contribution in [-0.2, 0) is 0 Å². The average molecular weight is 393 g/mol. The molecule has 1 atom stereocenters. The summed E-state index contributed by atoms with van der Waals surface area (Å²) in [4.78, 5) is 6.70. The van der Waals surface area contributed by atoms with Crippen molar-refractivity contribution in [1.29, 1.82) is 5.41 Å². The van der Waals surface area contributed by atoms with E-state index in [1.165, 1.54) is 0 Å². The van der Waals surface area contributed by atoms with E-state index in [0.29, 0.717) is 9.88 Å². The Bertz CT molecular complexity index is 585. The number of halogens is 1. The second-order valence-electron chi connectivity index (χ2n) is 4.97. The van der Waals surface area contributed by atoms with Gasteiger partial charge in [0.1, 0.15) is 5.84 Å². The van der Waals surface area contributed by atoms with Gasteiger partial charge >= 0.3 is 0 Å². The molecule has 0 spiro atoms. The van der Waals surface area contributed by atoms with E-state index in [2.05, 4.69) is 57.6 Å². The van der Waals surface area contributed by atoms with Crippen LogP contribution in [0.5, 0.6) is 0 Å². The standard InChI is InChI=1S/C17H20IN3/c1-13(18)21(2)17(15-11-7-4-8-12-15)20-16(19)14-9-5-3-6-10-14/h3,5-7,9-13,19H,4,8H2,1-2H3. The number of rotatable bonds is 3. The van der Waals surface area contributed by atoms with Gasteiger partial charge in [0.25, 0.3) is 0 Å². The molecule has 0 heterocycles. The van der Waals surface area contributed by atoms with Crippen LogP contribution in [-0.4, -0.2) is 27.7 Å². The van der Waals surface area contributed by atoms with Crippen molar-refractivity contribution in [1.82, 2.24) is 4.90 Å². The molecule has 1 aliphatic rings. The molecule has 110 valence electrons. The molecule has 21 heavy (non-hydrogen) atoms. The number of likely N-dealkylation sites (N-methyl/N-ethyl adjacent to an activating group) is 1. The first-order valence-corrected chi connectivity index (χ1v) is 8.31. The number of allylic oxidation sites excluding steroid dienone is 2. The maximum Gasteiger partial charge on any atom is 0.154 e. The first-order valence-electron chi connectivity index (χ1n) is 7.06. The van der Waals surface area contributed by atoms with Crippen molar-refractivity contribution in [3.63, 3.8) is 0 Å². The first-order chi connectivity index (χ1) is 10.1. The molecule has 0 radical (unpaired) electrons. The molecule has 0 aliphatic heterocycles. The molecule has 1 aliphatic carbocycles. The molecule has 0 aromatic heterocycles. The predicted octanol–water partition coefficient (Wildman–Crippen LogP) is 4.40. The van der Waals surface area contributed by atoms with Gasteiger partial charge in [-0.25, -0.2) is 4.99 Å². The zero-order valence-corrected chi connectivity index (χ0v) is 14.5. The lowest BCUT2D eigenvalue weighted by Crippen LogP contribution is -2.33. The maximum atomic E-state index is 8.25. The zero-order valence-electron chi connectivity index (χ0n) is 12.4. The average Bonchev–Trinajstić information content (AvgIpc) is 2.53. The molecule has 1 aromatic rings. The highest BCUT2D eigenvalue weighted by Crippen LogP contribution is 2.17. The van der Waals surface area contributed by atoms with Crippen LogP contribution in [0.1, 0.15) is 25.3 Å². The maximum absolute atomic E-state index is 8.25. The van der Waals surface area contributed by atoms with E-state index in [-0.39, 0.29) is 0 Å². The molecule has 0 bridgehead atoms. The smallest absolute Gasteiger partial charge is 0.154 e.